The van der Waals surface area contributed by atoms with Crippen molar-refractivity contribution < 1.29 is 9.59 Å². The summed E-state index contributed by atoms with van der Waals surface area (Å²) < 4.78 is 1.65. The highest BCUT2D eigenvalue weighted by atomic mass is 16.2. The zero-order valence-corrected chi connectivity index (χ0v) is 14.2. The number of ketones is 1. The standard InChI is InChI=1S/C19H23N3O2/c1-13(19(24)20-18-10-11-22(2)21-18)15-8-6-14(7-9-15)12-16-4-3-5-17(16)23/h6-11,13,16H,3-5,12H2,1-2H3,(H,20,21,24)/t13-,16-/m1/s1. The van der Waals surface area contributed by atoms with Gasteiger partial charge in [0.1, 0.15) is 5.78 Å². The zero-order chi connectivity index (χ0) is 17.1. The summed E-state index contributed by atoms with van der Waals surface area (Å²) in [6.45, 7) is 1.88. The van der Waals surface area contributed by atoms with Gasteiger partial charge in [-0.1, -0.05) is 24.3 Å². The third-order valence-electron chi connectivity index (χ3n) is 4.75. The molecular weight excluding hydrogens is 302 g/mol. The highest BCUT2D eigenvalue weighted by Gasteiger charge is 2.24. The van der Waals surface area contributed by atoms with E-state index in [1.807, 2.05) is 38.2 Å². The van der Waals surface area contributed by atoms with Crippen LogP contribution in [0.1, 0.15) is 43.2 Å². The molecule has 3 rings (SSSR count). The predicted molar refractivity (Wildman–Crippen MR) is 92.7 cm³/mol. The van der Waals surface area contributed by atoms with E-state index in [-0.39, 0.29) is 17.7 Å². The van der Waals surface area contributed by atoms with Gasteiger partial charge in [0.15, 0.2) is 5.82 Å². The smallest absolute Gasteiger partial charge is 0.232 e. The molecule has 1 N–H and O–H groups in total. The zero-order valence-electron chi connectivity index (χ0n) is 14.2. The van der Waals surface area contributed by atoms with Crippen molar-refractivity contribution in [3.8, 4) is 0 Å². The minimum atomic E-state index is -0.255. The Bertz CT molecular complexity index is 733. The number of Topliss-reactive ketones (excluding diaryl/α,β-unsaturated/α-hetero) is 1. The molecule has 1 aromatic carbocycles. The Labute approximate surface area is 142 Å². The maximum atomic E-state index is 12.3. The van der Waals surface area contributed by atoms with Gasteiger partial charge in [-0.05, 0) is 37.3 Å². The molecule has 1 aliphatic rings. The van der Waals surface area contributed by atoms with Gasteiger partial charge in [0.25, 0.3) is 0 Å². The van der Waals surface area contributed by atoms with Crippen molar-refractivity contribution in [3.05, 3.63) is 47.7 Å². The Morgan fingerprint density at radius 3 is 2.67 bits per heavy atom. The fourth-order valence-electron chi connectivity index (χ4n) is 3.20. The molecule has 126 valence electrons. The number of anilines is 1. The van der Waals surface area contributed by atoms with Crippen molar-refractivity contribution in [3.63, 3.8) is 0 Å². The van der Waals surface area contributed by atoms with Crippen LogP contribution in [0.5, 0.6) is 0 Å². The number of carbonyl (C=O) groups is 2. The van der Waals surface area contributed by atoms with Gasteiger partial charge in [-0.25, -0.2) is 0 Å². The Kier molecular flexibility index (Phi) is 4.79. The van der Waals surface area contributed by atoms with Crippen molar-refractivity contribution in [2.45, 2.75) is 38.5 Å². The number of aryl methyl sites for hydroxylation is 1. The first-order valence-electron chi connectivity index (χ1n) is 8.45. The van der Waals surface area contributed by atoms with Crippen molar-refractivity contribution in [1.82, 2.24) is 9.78 Å². The van der Waals surface area contributed by atoms with Crippen LogP contribution in [0.4, 0.5) is 5.82 Å². The summed E-state index contributed by atoms with van der Waals surface area (Å²) in [6.07, 6.45) is 5.36. The van der Waals surface area contributed by atoms with Gasteiger partial charge in [0.2, 0.25) is 5.91 Å². The fraction of sp³-hybridized carbons (Fsp3) is 0.421. The fourth-order valence-corrected chi connectivity index (χ4v) is 3.20. The first kappa shape index (κ1) is 16.4. The van der Waals surface area contributed by atoms with Crippen LogP contribution in [0.2, 0.25) is 0 Å². The second-order valence-corrected chi connectivity index (χ2v) is 6.59. The molecule has 0 bridgehead atoms. The minimum Gasteiger partial charge on any atom is -0.309 e. The lowest BCUT2D eigenvalue weighted by Crippen LogP contribution is -2.19. The molecule has 1 saturated carbocycles. The Morgan fingerprint density at radius 2 is 2.08 bits per heavy atom. The van der Waals surface area contributed by atoms with Crippen molar-refractivity contribution in [2.75, 3.05) is 5.32 Å². The van der Waals surface area contributed by atoms with Gasteiger partial charge >= 0.3 is 0 Å². The topological polar surface area (TPSA) is 64.0 Å². The maximum absolute atomic E-state index is 12.3. The van der Waals surface area contributed by atoms with Crippen LogP contribution in [0.15, 0.2) is 36.5 Å². The number of amides is 1. The van der Waals surface area contributed by atoms with Gasteiger partial charge in [-0.15, -0.1) is 0 Å². The summed E-state index contributed by atoms with van der Waals surface area (Å²) in [4.78, 5) is 24.1. The van der Waals surface area contributed by atoms with Crippen LogP contribution in [-0.4, -0.2) is 21.5 Å². The summed E-state index contributed by atoms with van der Waals surface area (Å²) in [5.41, 5.74) is 2.13. The van der Waals surface area contributed by atoms with Crippen LogP contribution in [0, 0.1) is 5.92 Å². The summed E-state index contributed by atoms with van der Waals surface area (Å²) in [7, 11) is 1.81. The SMILES string of the molecule is C[C@@H](C(=O)Nc1ccn(C)n1)c1ccc(C[C@H]2CCCC2=O)cc1. The van der Waals surface area contributed by atoms with Crippen LogP contribution in [0.25, 0.3) is 0 Å². The highest BCUT2D eigenvalue weighted by molar-refractivity contribution is 5.94. The minimum absolute atomic E-state index is 0.0765. The molecule has 0 unspecified atom stereocenters. The Hall–Kier alpha value is -2.43. The molecule has 2 aromatic rings. The molecule has 0 aliphatic heterocycles. The highest BCUT2D eigenvalue weighted by Crippen LogP contribution is 2.26. The molecule has 5 heteroatoms. The molecule has 1 aromatic heterocycles. The molecule has 1 heterocycles. The molecule has 0 saturated heterocycles. The van der Waals surface area contributed by atoms with Gasteiger partial charge in [-0.3, -0.25) is 14.3 Å². The third-order valence-corrected chi connectivity index (χ3v) is 4.75. The van der Waals surface area contributed by atoms with E-state index in [1.165, 1.54) is 0 Å². The lowest BCUT2D eigenvalue weighted by molar-refractivity contribution is -0.120. The molecule has 0 radical (unpaired) electrons. The van der Waals surface area contributed by atoms with Crippen LogP contribution >= 0.6 is 0 Å². The molecule has 24 heavy (non-hydrogen) atoms. The second-order valence-electron chi connectivity index (χ2n) is 6.59. The van der Waals surface area contributed by atoms with E-state index >= 15 is 0 Å². The average molecular weight is 325 g/mol. The van der Waals surface area contributed by atoms with Crippen LogP contribution in [-0.2, 0) is 23.1 Å². The van der Waals surface area contributed by atoms with E-state index in [4.69, 9.17) is 0 Å². The first-order chi connectivity index (χ1) is 11.5. The summed E-state index contributed by atoms with van der Waals surface area (Å²) in [5, 5.41) is 6.98. The van der Waals surface area contributed by atoms with E-state index in [0.717, 1.165) is 36.8 Å². The quantitative estimate of drug-likeness (QED) is 0.919. The molecule has 1 amide bonds. The van der Waals surface area contributed by atoms with Crippen LogP contribution in [0.3, 0.4) is 0 Å². The summed E-state index contributed by atoms with van der Waals surface area (Å²) in [6, 6.07) is 9.80. The van der Waals surface area contributed by atoms with E-state index < -0.39 is 0 Å². The largest absolute Gasteiger partial charge is 0.309 e. The summed E-state index contributed by atoms with van der Waals surface area (Å²) >= 11 is 0. The number of hydrogen-bond donors (Lipinski definition) is 1. The van der Waals surface area contributed by atoms with E-state index in [1.54, 1.807) is 16.9 Å². The van der Waals surface area contributed by atoms with E-state index in [0.29, 0.717) is 11.6 Å². The lowest BCUT2D eigenvalue weighted by atomic mass is 9.94. The van der Waals surface area contributed by atoms with Crippen molar-refractivity contribution in [1.29, 1.82) is 0 Å². The number of nitrogens with zero attached hydrogens (tertiary/aromatic N) is 2. The molecule has 1 fully saturated rings. The van der Waals surface area contributed by atoms with Gasteiger partial charge in [-0.2, -0.15) is 5.10 Å². The first-order valence-corrected chi connectivity index (χ1v) is 8.45. The third kappa shape index (κ3) is 3.72. The molecule has 5 nitrogen and oxygen atoms in total. The molecular formula is C19H23N3O2. The number of aromatic nitrogens is 2. The van der Waals surface area contributed by atoms with Gasteiger partial charge in [0, 0.05) is 31.6 Å². The van der Waals surface area contributed by atoms with Crippen molar-refractivity contribution in [2.24, 2.45) is 13.0 Å². The van der Waals surface area contributed by atoms with E-state index in [9.17, 15) is 9.59 Å². The monoisotopic (exact) mass is 325 g/mol. The second kappa shape index (κ2) is 6.99. The van der Waals surface area contributed by atoms with E-state index in [2.05, 4.69) is 10.4 Å². The number of hydrogen-bond acceptors (Lipinski definition) is 3. The van der Waals surface area contributed by atoms with Gasteiger partial charge in [0.05, 0.1) is 5.92 Å². The number of benzene rings is 1. The molecule has 0 spiro atoms. The Morgan fingerprint density at radius 1 is 1.33 bits per heavy atom. The van der Waals surface area contributed by atoms with Gasteiger partial charge < -0.3 is 5.32 Å². The number of nitrogens with one attached hydrogen (secondary N) is 1. The molecule has 1 aliphatic carbocycles. The summed E-state index contributed by atoms with van der Waals surface area (Å²) in [5.74, 6) is 0.801. The lowest BCUT2D eigenvalue weighted by Gasteiger charge is -2.13. The number of rotatable bonds is 5. The predicted octanol–water partition coefficient (Wildman–Crippen LogP) is 3.07. The molecule has 2 atom stereocenters. The number of carbonyl (C=O) groups excluding carboxylic acids is 2. The maximum Gasteiger partial charge on any atom is 0.232 e. The van der Waals surface area contributed by atoms with Crippen molar-refractivity contribution >= 4 is 17.5 Å². The van der Waals surface area contributed by atoms with Crippen LogP contribution < -0.4 is 5.32 Å². The Balaban J connectivity index is 1.61. The average Bonchev–Trinajstić information content (AvgIpc) is 3.16. The normalized spacial score (nSPS) is 18.6.